The molecular formula is C9H11N3O4S2. The number of hydrogen-bond donors (Lipinski definition) is 2. The summed E-state index contributed by atoms with van der Waals surface area (Å²) in [6.07, 6.45) is 1.18. The van der Waals surface area contributed by atoms with Crippen LogP contribution in [-0.2, 0) is 14.3 Å². The number of hydrogen-bond acceptors (Lipinski definition) is 7. The molecule has 2 heterocycles. The van der Waals surface area contributed by atoms with Crippen LogP contribution >= 0.6 is 23.1 Å². The predicted octanol–water partition coefficient (Wildman–Crippen LogP) is 0.832. The van der Waals surface area contributed by atoms with Crippen molar-refractivity contribution in [2.24, 2.45) is 0 Å². The first-order chi connectivity index (χ1) is 8.65. The highest BCUT2D eigenvalue weighted by Crippen LogP contribution is 2.25. The Kier molecular flexibility index (Phi) is 4.50. The van der Waals surface area contributed by atoms with Gasteiger partial charge in [-0.2, -0.15) is 0 Å². The Bertz CT molecular complexity index is 445. The minimum Gasteiger partial charge on any atom is -0.481 e. The Labute approximate surface area is 111 Å². The number of aliphatic carboxylic acids is 1. The highest BCUT2D eigenvalue weighted by molar-refractivity contribution is 8.01. The summed E-state index contributed by atoms with van der Waals surface area (Å²) in [4.78, 5) is 22.1. The van der Waals surface area contributed by atoms with Gasteiger partial charge in [0.15, 0.2) is 4.34 Å². The molecule has 98 valence electrons. The summed E-state index contributed by atoms with van der Waals surface area (Å²) in [7, 11) is 0. The highest BCUT2D eigenvalue weighted by atomic mass is 32.2. The zero-order valence-corrected chi connectivity index (χ0v) is 10.9. The summed E-state index contributed by atoms with van der Waals surface area (Å²) >= 11 is 2.22. The lowest BCUT2D eigenvalue weighted by molar-refractivity contribution is -0.134. The molecule has 1 aliphatic rings. The molecule has 9 heteroatoms. The van der Waals surface area contributed by atoms with Crippen LogP contribution < -0.4 is 5.32 Å². The Balaban J connectivity index is 1.85. The first kappa shape index (κ1) is 13.2. The lowest BCUT2D eigenvalue weighted by Gasteiger charge is -2.06. The number of nitrogens with one attached hydrogen (secondary N) is 1. The Morgan fingerprint density at radius 3 is 3.06 bits per heavy atom. The molecule has 2 N–H and O–H groups in total. The zero-order valence-electron chi connectivity index (χ0n) is 9.29. The smallest absolute Gasteiger partial charge is 0.313 e. The molecule has 1 aromatic rings. The van der Waals surface area contributed by atoms with Crippen molar-refractivity contribution in [2.75, 3.05) is 17.7 Å². The van der Waals surface area contributed by atoms with Crippen molar-refractivity contribution >= 4 is 40.1 Å². The van der Waals surface area contributed by atoms with Crippen molar-refractivity contribution in [1.29, 1.82) is 0 Å². The van der Waals surface area contributed by atoms with Crippen LogP contribution in [0.3, 0.4) is 0 Å². The van der Waals surface area contributed by atoms with E-state index in [1.54, 1.807) is 0 Å². The normalized spacial score (nSPS) is 18.8. The molecule has 1 fully saturated rings. The molecule has 7 nitrogen and oxygen atoms in total. The number of amides is 1. The summed E-state index contributed by atoms with van der Waals surface area (Å²) in [5.74, 6) is -1.22. The van der Waals surface area contributed by atoms with Gasteiger partial charge in [-0.3, -0.25) is 14.9 Å². The van der Waals surface area contributed by atoms with E-state index in [-0.39, 0.29) is 11.7 Å². The molecule has 1 amide bonds. The van der Waals surface area contributed by atoms with Crippen molar-refractivity contribution in [3.63, 3.8) is 0 Å². The van der Waals surface area contributed by atoms with Crippen LogP contribution in [0.15, 0.2) is 4.34 Å². The van der Waals surface area contributed by atoms with Crippen molar-refractivity contribution < 1.29 is 19.4 Å². The molecule has 0 aliphatic carbocycles. The van der Waals surface area contributed by atoms with Crippen LogP contribution in [-0.4, -0.2) is 45.6 Å². The minimum atomic E-state index is -0.917. The van der Waals surface area contributed by atoms with Gasteiger partial charge >= 0.3 is 5.97 Å². The molecule has 0 saturated carbocycles. The maximum absolute atomic E-state index is 11.7. The van der Waals surface area contributed by atoms with E-state index in [0.29, 0.717) is 22.5 Å². The van der Waals surface area contributed by atoms with Gasteiger partial charge in [0.25, 0.3) is 5.91 Å². The number of nitrogens with zero attached hydrogens (tertiary/aromatic N) is 2. The van der Waals surface area contributed by atoms with E-state index in [4.69, 9.17) is 9.84 Å². The number of ether oxygens (including phenoxy) is 1. The van der Waals surface area contributed by atoms with Gasteiger partial charge in [0.05, 0.1) is 5.75 Å². The van der Waals surface area contributed by atoms with Gasteiger partial charge in [-0.1, -0.05) is 23.1 Å². The number of carbonyl (C=O) groups excluding carboxylic acids is 1. The second-order valence-corrected chi connectivity index (χ2v) is 5.75. The maximum atomic E-state index is 11.7. The molecular weight excluding hydrogens is 278 g/mol. The SMILES string of the molecule is O=C(O)CSc1nnc(NC(=O)[C@H]2CCCO2)s1. The minimum absolute atomic E-state index is 0.0751. The fraction of sp³-hybridized carbons (Fsp3) is 0.556. The van der Waals surface area contributed by atoms with E-state index < -0.39 is 12.1 Å². The third-order valence-electron chi connectivity index (χ3n) is 2.18. The fourth-order valence-corrected chi connectivity index (χ4v) is 2.89. The Hall–Kier alpha value is -1.19. The van der Waals surface area contributed by atoms with Gasteiger partial charge in [0.2, 0.25) is 5.13 Å². The number of carboxylic acid groups (broad SMARTS) is 1. The lowest BCUT2D eigenvalue weighted by Crippen LogP contribution is -2.26. The van der Waals surface area contributed by atoms with Gasteiger partial charge in [-0.25, -0.2) is 0 Å². The van der Waals surface area contributed by atoms with Crippen molar-refractivity contribution in [2.45, 2.75) is 23.3 Å². The average molecular weight is 289 g/mol. The lowest BCUT2D eigenvalue weighted by atomic mass is 10.2. The maximum Gasteiger partial charge on any atom is 0.313 e. The van der Waals surface area contributed by atoms with Crippen molar-refractivity contribution in [1.82, 2.24) is 10.2 Å². The van der Waals surface area contributed by atoms with E-state index >= 15 is 0 Å². The molecule has 2 rings (SSSR count). The van der Waals surface area contributed by atoms with Crippen LogP contribution in [0.5, 0.6) is 0 Å². The average Bonchev–Trinajstić information content (AvgIpc) is 2.97. The van der Waals surface area contributed by atoms with Crippen LogP contribution in [0.25, 0.3) is 0 Å². The number of rotatable bonds is 5. The van der Waals surface area contributed by atoms with E-state index in [2.05, 4.69) is 15.5 Å². The number of anilines is 1. The third kappa shape index (κ3) is 3.65. The highest BCUT2D eigenvalue weighted by Gasteiger charge is 2.24. The van der Waals surface area contributed by atoms with Gasteiger partial charge in [0.1, 0.15) is 6.10 Å². The second-order valence-electron chi connectivity index (χ2n) is 3.55. The summed E-state index contributed by atoms with van der Waals surface area (Å²) in [6.45, 7) is 0.605. The summed E-state index contributed by atoms with van der Waals surface area (Å²) in [6, 6.07) is 0. The van der Waals surface area contributed by atoms with Crippen LogP contribution in [0, 0.1) is 0 Å². The largest absolute Gasteiger partial charge is 0.481 e. The molecule has 1 aromatic heterocycles. The summed E-state index contributed by atoms with van der Waals surface area (Å²) < 4.78 is 5.75. The van der Waals surface area contributed by atoms with Crippen molar-refractivity contribution in [3.8, 4) is 0 Å². The standard InChI is InChI=1S/C9H11N3O4S2/c13-6(14)4-17-9-12-11-8(18-9)10-7(15)5-2-1-3-16-5/h5H,1-4H2,(H,13,14)(H,10,11,15)/t5-/m1/s1. The number of thioether (sulfide) groups is 1. The molecule has 0 aromatic carbocycles. The number of aromatic nitrogens is 2. The third-order valence-corrected chi connectivity index (χ3v) is 4.13. The molecule has 1 atom stereocenters. The molecule has 1 aliphatic heterocycles. The molecule has 0 unspecified atom stereocenters. The topological polar surface area (TPSA) is 101 Å². The molecule has 0 radical (unpaired) electrons. The van der Waals surface area contributed by atoms with Crippen LogP contribution in [0.2, 0.25) is 0 Å². The zero-order chi connectivity index (χ0) is 13.0. The number of carbonyl (C=O) groups is 2. The Morgan fingerprint density at radius 1 is 1.56 bits per heavy atom. The predicted molar refractivity (Wildman–Crippen MR) is 65.9 cm³/mol. The van der Waals surface area contributed by atoms with E-state index in [0.717, 1.165) is 29.5 Å². The van der Waals surface area contributed by atoms with E-state index in [1.807, 2.05) is 0 Å². The first-order valence-electron chi connectivity index (χ1n) is 5.25. The second kappa shape index (κ2) is 6.12. The molecule has 1 saturated heterocycles. The number of carboxylic acids is 1. The molecule has 0 spiro atoms. The monoisotopic (exact) mass is 289 g/mol. The van der Waals surface area contributed by atoms with Gasteiger partial charge in [-0.15, -0.1) is 10.2 Å². The summed E-state index contributed by atoms with van der Waals surface area (Å²) in [5.41, 5.74) is 0. The first-order valence-corrected chi connectivity index (χ1v) is 7.06. The van der Waals surface area contributed by atoms with Crippen LogP contribution in [0.4, 0.5) is 5.13 Å². The Morgan fingerprint density at radius 2 is 2.39 bits per heavy atom. The van der Waals surface area contributed by atoms with E-state index in [1.165, 1.54) is 0 Å². The quantitative estimate of drug-likeness (QED) is 0.611. The van der Waals surface area contributed by atoms with Gasteiger partial charge in [-0.05, 0) is 12.8 Å². The molecule has 18 heavy (non-hydrogen) atoms. The summed E-state index contributed by atoms with van der Waals surface area (Å²) in [5, 5.41) is 19.0. The molecule has 0 bridgehead atoms. The van der Waals surface area contributed by atoms with Crippen LogP contribution in [0.1, 0.15) is 12.8 Å². The van der Waals surface area contributed by atoms with Crippen molar-refractivity contribution in [3.05, 3.63) is 0 Å². The van der Waals surface area contributed by atoms with E-state index in [9.17, 15) is 9.59 Å². The van der Waals surface area contributed by atoms with Gasteiger partial charge in [0, 0.05) is 6.61 Å². The van der Waals surface area contributed by atoms with Gasteiger partial charge < -0.3 is 9.84 Å². The fourth-order valence-electron chi connectivity index (χ4n) is 1.41.